The number of nitrogens with one attached hydrogen (secondary N) is 2. The van der Waals surface area contributed by atoms with E-state index in [1.807, 2.05) is 0 Å². The molecule has 0 atom stereocenters. The minimum Gasteiger partial charge on any atom is -0.396 e. The summed E-state index contributed by atoms with van der Waals surface area (Å²) >= 11 is 0. The van der Waals surface area contributed by atoms with Crippen LogP contribution in [0, 0.1) is 6.92 Å². The van der Waals surface area contributed by atoms with Gasteiger partial charge in [0.05, 0.1) is 5.39 Å². The quantitative estimate of drug-likeness (QED) is 0.746. The number of hydrogen-bond donors (Lipinski definition) is 3. The second kappa shape index (κ2) is 5.04. The van der Waals surface area contributed by atoms with Gasteiger partial charge in [-0.3, -0.25) is 0 Å². The molecule has 0 fully saturated rings. The number of alkyl halides is 3. The molecular weight excluding hydrogens is 261 g/mol. The molecule has 5 nitrogen and oxygen atoms in total. The van der Waals surface area contributed by atoms with Crippen LogP contribution in [0.4, 0.5) is 19.0 Å². The van der Waals surface area contributed by atoms with Crippen molar-refractivity contribution < 1.29 is 18.3 Å². The third kappa shape index (κ3) is 2.95. The zero-order chi connectivity index (χ0) is 14.0. The molecule has 0 amide bonds. The number of aliphatic hydroxyl groups is 1. The Morgan fingerprint density at radius 2 is 2.11 bits per heavy atom. The van der Waals surface area contributed by atoms with Gasteiger partial charge in [-0.1, -0.05) is 0 Å². The molecule has 104 valence electrons. The average molecular weight is 274 g/mol. The SMILES string of the molecule is Cc1cc2c(NCCCO)nc(C(F)(F)F)nc2[nH]1. The van der Waals surface area contributed by atoms with Gasteiger partial charge in [0.25, 0.3) is 0 Å². The van der Waals surface area contributed by atoms with Crippen LogP contribution in [0.3, 0.4) is 0 Å². The number of rotatable bonds is 4. The minimum atomic E-state index is -4.60. The van der Waals surface area contributed by atoms with E-state index in [2.05, 4.69) is 20.3 Å². The highest BCUT2D eigenvalue weighted by molar-refractivity contribution is 5.87. The second-order valence-corrected chi connectivity index (χ2v) is 4.11. The molecule has 0 aliphatic rings. The van der Waals surface area contributed by atoms with Crippen LogP contribution in [0.25, 0.3) is 11.0 Å². The van der Waals surface area contributed by atoms with E-state index < -0.39 is 12.0 Å². The van der Waals surface area contributed by atoms with E-state index in [4.69, 9.17) is 5.11 Å². The highest BCUT2D eigenvalue weighted by Crippen LogP contribution is 2.30. The number of aliphatic hydroxyl groups excluding tert-OH is 1. The Morgan fingerprint density at radius 1 is 1.37 bits per heavy atom. The normalized spacial score (nSPS) is 12.1. The van der Waals surface area contributed by atoms with Crippen molar-refractivity contribution in [1.29, 1.82) is 0 Å². The van der Waals surface area contributed by atoms with Gasteiger partial charge in [0, 0.05) is 18.8 Å². The summed E-state index contributed by atoms with van der Waals surface area (Å²) in [6, 6.07) is 1.68. The molecule has 0 aliphatic carbocycles. The lowest BCUT2D eigenvalue weighted by molar-refractivity contribution is -0.144. The Kier molecular flexibility index (Phi) is 3.61. The topological polar surface area (TPSA) is 73.8 Å². The van der Waals surface area contributed by atoms with Crippen LogP contribution in [0.5, 0.6) is 0 Å². The largest absolute Gasteiger partial charge is 0.451 e. The summed E-state index contributed by atoms with van der Waals surface area (Å²) in [5.41, 5.74) is 0.847. The van der Waals surface area contributed by atoms with E-state index in [1.54, 1.807) is 13.0 Å². The Labute approximate surface area is 106 Å². The van der Waals surface area contributed by atoms with E-state index in [0.717, 1.165) is 0 Å². The molecule has 0 radical (unpaired) electrons. The molecule has 0 saturated carbocycles. The first-order valence-electron chi connectivity index (χ1n) is 5.71. The zero-order valence-electron chi connectivity index (χ0n) is 10.2. The van der Waals surface area contributed by atoms with Gasteiger partial charge in [-0.2, -0.15) is 13.2 Å². The first-order chi connectivity index (χ1) is 8.91. The first kappa shape index (κ1) is 13.6. The van der Waals surface area contributed by atoms with Gasteiger partial charge >= 0.3 is 6.18 Å². The van der Waals surface area contributed by atoms with E-state index in [9.17, 15) is 13.2 Å². The number of anilines is 1. The molecule has 8 heteroatoms. The molecule has 0 aliphatic heterocycles. The molecule has 2 heterocycles. The summed E-state index contributed by atoms with van der Waals surface area (Å²) in [6.07, 6.45) is -4.17. The lowest BCUT2D eigenvalue weighted by Crippen LogP contribution is -2.14. The van der Waals surface area contributed by atoms with Gasteiger partial charge in [-0.05, 0) is 19.4 Å². The maximum atomic E-state index is 12.7. The maximum absolute atomic E-state index is 12.7. The minimum absolute atomic E-state index is 0.0421. The van der Waals surface area contributed by atoms with Crippen LogP contribution < -0.4 is 5.32 Å². The molecule has 0 unspecified atom stereocenters. The summed E-state index contributed by atoms with van der Waals surface area (Å²) in [5.74, 6) is -1.07. The van der Waals surface area contributed by atoms with E-state index in [1.165, 1.54) is 0 Å². The number of fused-ring (bicyclic) bond motifs is 1. The van der Waals surface area contributed by atoms with E-state index in [-0.39, 0.29) is 18.1 Å². The number of hydrogen-bond acceptors (Lipinski definition) is 4. The Morgan fingerprint density at radius 3 is 2.74 bits per heavy atom. The molecule has 0 bridgehead atoms. The fourth-order valence-corrected chi connectivity index (χ4v) is 1.69. The average Bonchev–Trinajstić information content (AvgIpc) is 2.68. The highest BCUT2D eigenvalue weighted by Gasteiger charge is 2.35. The maximum Gasteiger partial charge on any atom is 0.451 e. The van der Waals surface area contributed by atoms with Crippen molar-refractivity contribution in [3.05, 3.63) is 17.6 Å². The standard InChI is InChI=1S/C11H13F3N4O/c1-6-5-7-8(15-3-2-4-19)17-10(11(12,13)14)18-9(7)16-6/h5,19H,2-4H2,1H3,(H2,15,16,17,18). The number of aryl methyl sites for hydroxylation is 1. The van der Waals surface area contributed by atoms with Crippen molar-refractivity contribution in [1.82, 2.24) is 15.0 Å². The number of aromatic amines is 1. The van der Waals surface area contributed by atoms with Crippen molar-refractivity contribution >= 4 is 16.9 Å². The molecule has 0 saturated heterocycles. The third-order valence-corrected chi connectivity index (χ3v) is 2.50. The highest BCUT2D eigenvalue weighted by atomic mass is 19.4. The molecule has 2 rings (SSSR count). The Hall–Kier alpha value is -1.83. The molecule has 2 aromatic rings. The van der Waals surface area contributed by atoms with E-state index >= 15 is 0 Å². The van der Waals surface area contributed by atoms with Crippen LogP contribution in [0.15, 0.2) is 6.07 Å². The van der Waals surface area contributed by atoms with Gasteiger partial charge in [-0.25, -0.2) is 9.97 Å². The van der Waals surface area contributed by atoms with Gasteiger partial charge in [-0.15, -0.1) is 0 Å². The lowest BCUT2D eigenvalue weighted by Gasteiger charge is -2.09. The monoisotopic (exact) mass is 274 g/mol. The molecule has 3 N–H and O–H groups in total. The summed E-state index contributed by atoms with van der Waals surface area (Å²) in [4.78, 5) is 9.74. The summed E-state index contributed by atoms with van der Waals surface area (Å²) in [7, 11) is 0. The smallest absolute Gasteiger partial charge is 0.396 e. The number of halogens is 3. The van der Waals surface area contributed by atoms with Gasteiger partial charge in [0.2, 0.25) is 5.82 Å². The van der Waals surface area contributed by atoms with E-state index in [0.29, 0.717) is 24.0 Å². The van der Waals surface area contributed by atoms with Crippen molar-refractivity contribution in [2.24, 2.45) is 0 Å². The predicted octanol–water partition coefficient (Wildman–Crippen LogP) is 2.08. The van der Waals surface area contributed by atoms with Crippen molar-refractivity contribution in [3.8, 4) is 0 Å². The number of aromatic nitrogens is 3. The predicted molar refractivity (Wildman–Crippen MR) is 63.8 cm³/mol. The molecule has 0 spiro atoms. The van der Waals surface area contributed by atoms with Crippen LogP contribution in [0.2, 0.25) is 0 Å². The Bertz CT molecular complexity index is 579. The van der Waals surface area contributed by atoms with Crippen molar-refractivity contribution in [3.63, 3.8) is 0 Å². The van der Waals surface area contributed by atoms with Crippen LogP contribution in [-0.4, -0.2) is 33.2 Å². The fraction of sp³-hybridized carbons (Fsp3) is 0.455. The molecule has 0 aromatic carbocycles. The Balaban J connectivity index is 2.45. The third-order valence-electron chi connectivity index (χ3n) is 2.50. The molecular formula is C11H13F3N4O. The zero-order valence-corrected chi connectivity index (χ0v) is 10.2. The summed E-state index contributed by atoms with van der Waals surface area (Å²) < 4.78 is 38.1. The number of H-pyrrole nitrogens is 1. The van der Waals surface area contributed by atoms with Crippen LogP contribution in [-0.2, 0) is 6.18 Å². The van der Waals surface area contributed by atoms with Crippen molar-refractivity contribution in [2.75, 3.05) is 18.5 Å². The summed E-state index contributed by atoms with van der Waals surface area (Å²) in [5, 5.41) is 12.0. The lowest BCUT2D eigenvalue weighted by atomic mass is 10.3. The van der Waals surface area contributed by atoms with Crippen LogP contribution >= 0.6 is 0 Å². The molecule has 19 heavy (non-hydrogen) atoms. The second-order valence-electron chi connectivity index (χ2n) is 4.11. The van der Waals surface area contributed by atoms with Gasteiger partial charge in [0.15, 0.2) is 0 Å². The van der Waals surface area contributed by atoms with Crippen molar-refractivity contribution in [2.45, 2.75) is 19.5 Å². The molecule has 2 aromatic heterocycles. The number of nitrogens with zero attached hydrogens (tertiary/aromatic N) is 2. The summed E-state index contributed by atoms with van der Waals surface area (Å²) in [6.45, 7) is 2.02. The van der Waals surface area contributed by atoms with Crippen LogP contribution in [0.1, 0.15) is 17.9 Å². The first-order valence-corrected chi connectivity index (χ1v) is 5.71. The fourth-order valence-electron chi connectivity index (χ4n) is 1.69. The van der Waals surface area contributed by atoms with Gasteiger partial charge in [0.1, 0.15) is 11.5 Å². The van der Waals surface area contributed by atoms with Gasteiger partial charge < -0.3 is 15.4 Å².